The Bertz CT molecular complexity index is 1350. The Morgan fingerprint density at radius 2 is 1.61 bits per heavy atom. The third-order valence-electron chi connectivity index (χ3n) is 7.85. The van der Waals surface area contributed by atoms with Gasteiger partial charge < -0.3 is 14.1 Å². The van der Waals surface area contributed by atoms with Crippen LogP contribution in [0.15, 0.2) is 72.8 Å². The van der Waals surface area contributed by atoms with E-state index in [1.54, 1.807) is 12.1 Å². The van der Waals surface area contributed by atoms with Crippen molar-refractivity contribution in [1.82, 2.24) is 5.32 Å². The van der Waals surface area contributed by atoms with E-state index < -0.39 is 21.1 Å². The molecule has 8 heteroatoms. The molecule has 0 bridgehead atoms. The van der Waals surface area contributed by atoms with Crippen LogP contribution in [0.3, 0.4) is 0 Å². The summed E-state index contributed by atoms with van der Waals surface area (Å²) < 4.78 is 27.4. The summed E-state index contributed by atoms with van der Waals surface area (Å²) >= 11 is 0. The fraction of sp³-hybridized carbons (Fsp3) is 0.394. The van der Waals surface area contributed by atoms with E-state index in [-0.39, 0.29) is 29.3 Å². The van der Waals surface area contributed by atoms with Crippen molar-refractivity contribution in [2.75, 3.05) is 24.6 Å². The topological polar surface area (TPSA) is 67.9 Å². The van der Waals surface area contributed by atoms with E-state index in [4.69, 9.17) is 9.16 Å². The molecular formula is C33H38FN2O4Si. The molecule has 2 aliphatic heterocycles. The van der Waals surface area contributed by atoms with Crippen molar-refractivity contribution in [2.24, 2.45) is 5.92 Å². The Morgan fingerprint density at radius 1 is 0.927 bits per heavy atom. The second-order valence-electron chi connectivity index (χ2n) is 11.9. The summed E-state index contributed by atoms with van der Waals surface area (Å²) in [5.74, 6) is -0.471. The van der Waals surface area contributed by atoms with Crippen molar-refractivity contribution in [2.45, 2.75) is 58.0 Å². The van der Waals surface area contributed by atoms with Gasteiger partial charge in [0.05, 0.1) is 5.69 Å². The maximum absolute atomic E-state index is 15.1. The number of benzene rings is 3. The van der Waals surface area contributed by atoms with Gasteiger partial charge in [-0.2, -0.15) is 0 Å². The van der Waals surface area contributed by atoms with Crippen LogP contribution in [0, 0.1) is 11.7 Å². The predicted molar refractivity (Wildman–Crippen MR) is 161 cm³/mol. The molecule has 3 aromatic rings. The van der Waals surface area contributed by atoms with Crippen LogP contribution in [-0.2, 0) is 19.4 Å². The standard InChI is InChI=1S/C33H38FN2O4Si/c1-33(2,3)24-9-12-27(13-10-24)41(26-7-5-4-6-8-26)39-22-23-17-19-36(20-18-23)29-14-11-25(21-28(29)34)40-30-15-16-31(37)35-32(30)38/h4-14,21,23,30H,15-20,22H2,1-3H3,(H,35,37,38). The highest BCUT2D eigenvalue weighted by Gasteiger charge is 2.29. The van der Waals surface area contributed by atoms with Gasteiger partial charge in [0.25, 0.3) is 14.9 Å². The van der Waals surface area contributed by atoms with Gasteiger partial charge in [0.1, 0.15) is 11.6 Å². The van der Waals surface area contributed by atoms with E-state index in [1.165, 1.54) is 22.0 Å². The number of hydrogen-bond acceptors (Lipinski definition) is 5. The first-order chi connectivity index (χ1) is 19.7. The van der Waals surface area contributed by atoms with E-state index in [1.807, 2.05) is 6.07 Å². The highest BCUT2D eigenvalue weighted by atomic mass is 28.3. The van der Waals surface area contributed by atoms with Gasteiger partial charge in [0.2, 0.25) is 5.91 Å². The zero-order valence-corrected chi connectivity index (χ0v) is 25.0. The number of rotatable bonds is 8. The third kappa shape index (κ3) is 7.24. The molecule has 2 heterocycles. The van der Waals surface area contributed by atoms with Crippen molar-refractivity contribution in [1.29, 1.82) is 0 Å². The number of amides is 2. The number of halogens is 1. The Morgan fingerprint density at radius 3 is 2.24 bits per heavy atom. The molecule has 41 heavy (non-hydrogen) atoms. The molecular weight excluding hydrogens is 535 g/mol. The van der Waals surface area contributed by atoms with Gasteiger partial charge in [-0.05, 0) is 52.2 Å². The molecule has 1 unspecified atom stereocenters. The summed E-state index contributed by atoms with van der Waals surface area (Å²) in [4.78, 5) is 25.4. The second-order valence-corrected chi connectivity index (χ2v) is 14.0. The minimum atomic E-state index is -1.39. The van der Waals surface area contributed by atoms with Crippen molar-refractivity contribution >= 4 is 36.9 Å². The van der Waals surface area contributed by atoms with Crippen LogP contribution >= 0.6 is 0 Å². The van der Waals surface area contributed by atoms with Crippen molar-refractivity contribution in [3.8, 4) is 5.75 Å². The number of ether oxygens (including phenoxy) is 1. The first-order valence-electron chi connectivity index (χ1n) is 14.4. The summed E-state index contributed by atoms with van der Waals surface area (Å²) in [5, 5.41) is 4.74. The normalized spacial score (nSPS) is 18.5. The number of imide groups is 1. The van der Waals surface area contributed by atoms with Gasteiger partial charge in [-0.1, -0.05) is 75.4 Å². The third-order valence-corrected chi connectivity index (χ3v) is 10.0. The van der Waals surface area contributed by atoms with Gasteiger partial charge in [-0.3, -0.25) is 14.9 Å². The smallest absolute Gasteiger partial charge is 0.282 e. The lowest BCUT2D eigenvalue weighted by molar-refractivity contribution is -0.138. The van der Waals surface area contributed by atoms with Gasteiger partial charge in [-0.15, -0.1) is 0 Å². The lowest BCUT2D eigenvalue weighted by Gasteiger charge is -2.34. The molecule has 5 rings (SSSR count). The number of nitrogens with zero attached hydrogens (tertiary/aromatic N) is 1. The Labute approximate surface area is 243 Å². The number of piperidine rings is 2. The summed E-state index contributed by atoms with van der Waals surface area (Å²) in [7, 11) is -1.39. The fourth-order valence-electron chi connectivity index (χ4n) is 5.35. The lowest BCUT2D eigenvalue weighted by atomic mass is 9.87. The van der Waals surface area contributed by atoms with Crippen LogP contribution in [-0.4, -0.2) is 46.7 Å². The molecule has 6 nitrogen and oxygen atoms in total. The highest BCUT2D eigenvalue weighted by molar-refractivity contribution is 6.80. The molecule has 1 radical (unpaired) electrons. The number of hydrogen-bond donors (Lipinski definition) is 1. The van der Waals surface area contributed by atoms with Gasteiger partial charge in [-0.25, -0.2) is 4.39 Å². The fourth-order valence-corrected chi connectivity index (χ4v) is 7.39. The summed E-state index contributed by atoms with van der Waals surface area (Å²) in [5.41, 5.74) is 1.95. The van der Waals surface area contributed by atoms with Crippen molar-refractivity contribution < 1.29 is 23.1 Å². The molecule has 0 saturated carbocycles. The number of nitrogens with one attached hydrogen (secondary N) is 1. The van der Waals surface area contributed by atoms with Gasteiger partial charge >= 0.3 is 0 Å². The van der Waals surface area contributed by atoms with E-state index in [2.05, 4.69) is 79.5 Å². The SMILES string of the molecule is CC(C)(C)c1ccc([Si](OCC2CCN(c3ccc(OC4CCC(=O)NC4=O)cc3F)CC2)c2ccccc2)cc1. The predicted octanol–water partition coefficient (Wildman–Crippen LogP) is 4.35. The molecule has 0 aromatic heterocycles. The van der Waals surface area contributed by atoms with E-state index in [0.29, 0.717) is 24.6 Å². The van der Waals surface area contributed by atoms with E-state index in [9.17, 15) is 9.59 Å². The number of anilines is 1. The quantitative estimate of drug-likeness (QED) is 0.321. The maximum Gasteiger partial charge on any atom is 0.282 e. The summed E-state index contributed by atoms with van der Waals surface area (Å²) in [6.45, 7) is 8.84. The van der Waals surface area contributed by atoms with Crippen LogP contribution in [0.1, 0.15) is 52.0 Å². The summed E-state index contributed by atoms with van der Waals surface area (Å²) in [6, 6.07) is 24.1. The molecule has 1 N–H and O–H groups in total. The van der Waals surface area contributed by atoms with Gasteiger partial charge in [0.15, 0.2) is 6.10 Å². The molecule has 2 saturated heterocycles. The number of carbonyl (C=O) groups excluding carboxylic acids is 2. The average Bonchev–Trinajstić information content (AvgIpc) is 2.96. The van der Waals surface area contributed by atoms with Crippen molar-refractivity contribution in [3.05, 3.63) is 84.2 Å². The minimum Gasteiger partial charge on any atom is -0.480 e. The van der Waals surface area contributed by atoms with Crippen LogP contribution in [0.2, 0.25) is 0 Å². The largest absolute Gasteiger partial charge is 0.480 e. The molecule has 215 valence electrons. The monoisotopic (exact) mass is 573 g/mol. The van der Waals surface area contributed by atoms with Crippen LogP contribution in [0.4, 0.5) is 10.1 Å². The lowest BCUT2D eigenvalue weighted by Crippen LogP contribution is -2.46. The Hall–Kier alpha value is -3.49. The molecule has 2 aliphatic rings. The zero-order valence-electron chi connectivity index (χ0n) is 24.0. The highest BCUT2D eigenvalue weighted by Crippen LogP contribution is 2.29. The summed E-state index contributed by atoms with van der Waals surface area (Å²) in [6.07, 6.45) is 1.56. The Kier molecular flexibility index (Phi) is 8.90. The first-order valence-corrected chi connectivity index (χ1v) is 15.8. The van der Waals surface area contributed by atoms with Gasteiger partial charge in [0, 0.05) is 38.6 Å². The number of carbonyl (C=O) groups is 2. The minimum absolute atomic E-state index is 0.105. The Balaban J connectivity index is 1.18. The van der Waals surface area contributed by atoms with E-state index >= 15 is 4.39 Å². The maximum atomic E-state index is 15.1. The molecule has 2 fully saturated rings. The van der Waals surface area contributed by atoms with Crippen LogP contribution < -0.4 is 25.3 Å². The van der Waals surface area contributed by atoms with Crippen LogP contribution in [0.25, 0.3) is 0 Å². The zero-order chi connectivity index (χ0) is 29.0. The molecule has 0 spiro atoms. The molecule has 1 atom stereocenters. The first kappa shape index (κ1) is 29.0. The molecule has 3 aromatic carbocycles. The van der Waals surface area contributed by atoms with E-state index in [0.717, 1.165) is 25.9 Å². The van der Waals surface area contributed by atoms with Crippen molar-refractivity contribution in [3.63, 3.8) is 0 Å². The molecule has 2 amide bonds. The average molecular weight is 574 g/mol. The van der Waals surface area contributed by atoms with Crippen LogP contribution in [0.5, 0.6) is 5.75 Å². The molecule has 0 aliphatic carbocycles. The second kappa shape index (κ2) is 12.6.